The van der Waals surface area contributed by atoms with Crippen LogP contribution in [-0.2, 0) is 20.4 Å². The number of nitrogens with zero attached hydrogens (tertiary/aromatic N) is 4. The molecule has 27 heavy (non-hydrogen) atoms. The van der Waals surface area contributed by atoms with Crippen LogP contribution < -0.4 is 5.32 Å². The maximum atomic E-state index is 12.7. The molecule has 1 aliphatic rings. The average Bonchev–Trinajstić information content (AvgIpc) is 3.40. The number of carbonyl (C=O) groups is 1. The largest absolute Gasteiger partial charge is 0.348 e. The van der Waals surface area contributed by atoms with Crippen LogP contribution in [0.25, 0.3) is 0 Å². The van der Waals surface area contributed by atoms with Crippen molar-refractivity contribution >= 4 is 15.7 Å². The van der Waals surface area contributed by atoms with Gasteiger partial charge in [-0.05, 0) is 42.2 Å². The van der Waals surface area contributed by atoms with Crippen molar-refractivity contribution < 1.29 is 13.2 Å². The Labute approximate surface area is 159 Å². The van der Waals surface area contributed by atoms with Gasteiger partial charge in [0.2, 0.25) is 5.91 Å². The molecule has 0 saturated heterocycles. The molecule has 9 heteroatoms. The predicted molar refractivity (Wildman–Crippen MR) is 100 cm³/mol. The Morgan fingerprint density at radius 2 is 2.00 bits per heavy atom. The summed E-state index contributed by atoms with van der Waals surface area (Å²) in [5.74, 6) is -0.539. The van der Waals surface area contributed by atoms with Gasteiger partial charge in [-0.3, -0.25) is 4.79 Å². The number of amides is 1. The topological polar surface area (TPSA) is 107 Å². The highest BCUT2D eigenvalue weighted by Crippen LogP contribution is 2.34. The van der Waals surface area contributed by atoms with Gasteiger partial charge in [-0.1, -0.05) is 43.7 Å². The molecule has 0 aliphatic heterocycles. The van der Waals surface area contributed by atoms with Gasteiger partial charge in [0.25, 0.3) is 0 Å². The fraction of sp³-hybridized carbons (Fsp3) is 0.556. The van der Waals surface area contributed by atoms with E-state index in [4.69, 9.17) is 0 Å². The molecule has 3 rings (SSSR count). The molecule has 1 amide bonds. The van der Waals surface area contributed by atoms with Crippen LogP contribution in [0.15, 0.2) is 30.3 Å². The summed E-state index contributed by atoms with van der Waals surface area (Å²) in [6, 6.07) is 9.56. The van der Waals surface area contributed by atoms with Crippen LogP contribution in [0, 0.1) is 0 Å². The molecule has 1 aromatic heterocycles. The summed E-state index contributed by atoms with van der Waals surface area (Å²) in [5.41, 5.74) is 0.968. The zero-order valence-electron chi connectivity index (χ0n) is 15.6. The van der Waals surface area contributed by atoms with Gasteiger partial charge in [-0.15, -0.1) is 5.10 Å². The lowest BCUT2D eigenvalue weighted by atomic mass is 10.0. The van der Waals surface area contributed by atoms with E-state index in [0.29, 0.717) is 5.82 Å². The second-order valence-electron chi connectivity index (χ2n) is 6.98. The van der Waals surface area contributed by atoms with Crippen molar-refractivity contribution in [1.29, 1.82) is 0 Å². The molecule has 2 unspecified atom stereocenters. The number of rotatable bonds is 9. The Morgan fingerprint density at radius 1 is 1.30 bits per heavy atom. The zero-order chi connectivity index (χ0) is 19.4. The zero-order valence-corrected chi connectivity index (χ0v) is 16.4. The van der Waals surface area contributed by atoms with Crippen molar-refractivity contribution in [3.05, 3.63) is 41.7 Å². The minimum absolute atomic E-state index is 0.182. The molecule has 0 spiro atoms. The number of benzene rings is 1. The summed E-state index contributed by atoms with van der Waals surface area (Å²) in [5, 5.41) is 13.0. The summed E-state index contributed by atoms with van der Waals surface area (Å²) in [7, 11) is -3.73. The lowest BCUT2D eigenvalue weighted by Gasteiger charge is -2.21. The van der Waals surface area contributed by atoms with Crippen molar-refractivity contribution in [3.8, 4) is 0 Å². The van der Waals surface area contributed by atoms with Gasteiger partial charge in [0.1, 0.15) is 11.0 Å². The van der Waals surface area contributed by atoms with Crippen molar-refractivity contribution in [1.82, 2.24) is 25.5 Å². The second kappa shape index (κ2) is 8.16. The predicted octanol–water partition coefficient (Wildman–Crippen LogP) is 1.97. The lowest BCUT2D eigenvalue weighted by Crippen LogP contribution is -2.40. The van der Waals surface area contributed by atoms with E-state index in [1.807, 2.05) is 37.3 Å². The van der Waals surface area contributed by atoms with Gasteiger partial charge in [0.15, 0.2) is 15.7 Å². The first kappa shape index (κ1) is 19.5. The molecule has 2 atom stereocenters. The quantitative estimate of drug-likeness (QED) is 0.700. The van der Waals surface area contributed by atoms with E-state index in [-0.39, 0.29) is 17.8 Å². The van der Waals surface area contributed by atoms with Gasteiger partial charge >= 0.3 is 0 Å². The molecule has 2 aromatic rings. The van der Waals surface area contributed by atoms with Crippen LogP contribution in [0.2, 0.25) is 0 Å². The standard InChI is InChI=1S/C18H25N5O3S/c1-3-7-16(14-8-5-4-6-9-14)19-18(24)13(2)27(25,26)12-17-20-21-22-23(17)15-10-11-15/h4-6,8-9,13,15-16H,3,7,10-12H2,1-2H3,(H,19,24). The molecule has 0 bridgehead atoms. The maximum Gasteiger partial charge on any atom is 0.238 e. The van der Waals surface area contributed by atoms with Gasteiger partial charge in [0.05, 0.1) is 12.1 Å². The summed E-state index contributed by atoms with van der Waals surface area (Å²) in [4.78, 5) is 12.7. The van der Waals surface area contributed by atoms with Crippen LogP contribution in [-0.4, -0.2) is 39.8 Å². The number of sulfone groups is 1. The minimum atomic E-state index is -3.73. The molecule has 1 N–H and O–H groups in total. The van der Waals surface area contributed by atoms with Gasteiger partial charge in [0, 0.05) is 0 Å². The lowest BCUT2D eigenvalue weighted by molar-refractivity contribution is -0.121. The van der Waals surface area contributed by atoms with Gasteiger partial charge < -0.3 is 5.32 Å². The van der Waals surface area contributed by atoms with Crippen molar-refractivity contribution in [2.75, 3.05) is 0 Å². The van der Waals surface area contributed by atoms with E-state index in [1.165, 1.54) is 6.92 Å². The maximum absolute atomic E-state index is 12.7. The number of nitrogens with one attached hydrogen (secondary N) is 1. The Balaban J connectivity index is 1.70. The smallest absolute Gasteiger partial charge is 0.238 e. The SMILES string of the molecule is CCCC(NC(=O)C(C)S(=O)(=O)Cc1nnnn1C1CC1)c1ccccc1. The van der Waals surface area contributed by atoms with Gasteiger partial charge in [-0.25, -0.2) is 13.1 Å². The van der Waals surface area contributed by atoms with Crippen molar-refractivity contribution in [3.63, 3.8) is 0 Å². The summed E-state index contributed by atoms with van der Waals surface area (Å²) in [6.07, 6.45) is 3.51. The average molecular weight is 391 g/mol. The van der Waals surface area contributed by atoms with E-state index < -0.39 is 21.0 Å². The highest BCUT2D eigenvalue weighted by atomic mass is 32.2. The molecular weight excluding hydrogens is 366 g/mol. The summed E-state index contributed by atoms with van der Waals surface area (Å²) >= 11 is 0. The van der Waals surface area contributed by atoms with E-state index in [2.05, 4.69) is 20.8 Å². The molecular formula is C18H25N5O3S. The Kier molecular flexibility index (Phi) is 5.88. The minimum Gasteiger partial charge on any atom is -0.348 e. The van der Waals surface area contributed by atoms with Crippen LogP contribution in [0.4, 0.5) is 0 Å². The molecule has 1 aromatic carbocycles. The molecule has 8 nitrogen and oxygen atoms in total. The van der Waals surface area contributed by atoms with Crippen molar-refractivity contribution in [2.45, 2.75) is 62.6 Å². The van der Waals surface area contributed by atoms with Crippen molar-refractivity contribution in [2.24, 2.45) is 0 Å². The molecule has 1 aliphatic carbocycles. The van der Waals surface area contributed by atoms with Crippen LogP contribution in [0.3, 0.4) is 0 Å². The number of hydrogen-bond donors (Lipinski definition) is 1. The molecule has 146 valence electrons. The normalized spacial score (nSPS) is 16.7. The van der Waals surface area contributed by atoms with Crippen LogP contribution in [0.1, 0.15) is 63.0 Å². The first-order chi connectivity index (χ1) is 12.9. The Bertz CT molecular complexity index is 877. The summed E-state index contributed by atoms with van der Waals surface area (Å²) < 4.78 is 27.0. The van der Waals surface area contributed by atoms with E-state index in [9.17, 15) is 13.2 Å². The first-order valence-corrected chi connectivity index (χ1v) is 11.0. The molecule has 0 radical (unpaired) electrons. The highest BCUT2D eigenvalue weighted by Gasteiger charge is 2.34. The van der Waals surface area contributed by atoms with E-state index in [1.54, 1.807) is 4.68 Å². The number of aromatic nitrogens is 4. The first-order valence-electron chi connectivity index (χ1n) is 9.26. The molecule has 1 saturated carbocycles. The molecule has 1 heterocycles. The highest BCUT2D eigenvalue weighted by molar-refractivity contribution is 7.92. The van der Waals surface area contributed by atoms with E-state index >= 15 is 0 Å². The summed E-state index contributed by atoms with van der Waals surface area (Å²) in [6.45, 7) is 3.45. The Morgan fingerprint density at radius 3 is 2.63 bits per heavy atom. The Hall–Kier alpha value is -2.29. The molecule has 1 fully saturated rings. The number of carbonyl (C=O) groups excluding carboxylic acids is 1. The third-order valence-electron chi connectivity index (χ3n) is 4.79. The van der Waals surface area contributed by atoms with Gasteiger partial charge in [-0.2, -0.15) is 0 Å². The second-order valence-corrected chi connectivity index (χ2v) is 9.30. The van der Waals surface area contributed by atoms with Crippen LogP contribution >= 0.6 is 0 Å². The fourth-order valence-electron chi connectivity index (χ4n) is 2.96. The van der Waals surface area contributed by atoms with Crippen LogP contribution in [0.5, 0.6) is 0 Å². The number of hydrogen-bond acceptors (Lipinski definition) is 6. The van der Waals surface area contributed by atoms with E-state index in [0.717, 1.165) is 31.2 Å². The third kappa shape index (κ3) is 4.71. The number of tetrazole rings is 1. The monoisotopic (exact) mass is 391 g/mol. The third-order valence-corrected chi connectivity index (χ3v) is 6.74. The fourth-order valence-corrected chi connectivity index (χ4v) is 4.16.